The van der Waals surface area contributed by atoms with Crippen LogP contribution in [0.5, 0.6) is 0 Å². The summed E-state index contributed by atoms with van der Waals surface area (Å²) < 4.78 is 5.04. The number of rotatable bonds is 5. The molecule has 0 aromatic carbocycles. The fraction of sp³-hybridized carbons (Fsp3) is 0.583. The Morgan fingerprint density at radius 3 is 2.68 bits per heavy atom. The molecule has 0 saturated carbocycles. The van der Waals surface area contributed by atoms with Gasteiger partial charge in [-0.2, -0.15) is 0 Å². The number of aromatic nitrogens is 2. The average Bonchev–Trinajstić information content (AvgIpc) is 2.73. The van der Waals surface area contributed by atoms with E-state index in [4.69, 9.17) is 9.84 Å². The molecular formula is C12H19N3O4. The second-order valence-corrected chi connectivity index (χ2v) is 5.20. The van der Waals surface area contributed by atoms with E-state index in [1.54, 1.807) is 27.0 Å². The monoisotopic (exact) mass is 269 g/mol. The number of nitrogens with zero attached hydrogens (tertiary/aromatic N) is 1. The fourth-order valence-electron chi connectivity index (χ4n) is 1.43. The number of carboxylic acids is 1. The first kappa shape index (κ1) is 15.0. The number of imidazole rings is 1. The summed E-state index contributed by atoms with van der Waals surface area (Å²) >= 11 is 0. The zero-order valence-electron chi connectivity index (χ0n) is 11.3. The summed E-state index contributed by atoms with van der Waals surface area (Å²) in [5.41, 5.74) is 0.102. The Morgan fingerprint density at radius 1 is 1.53 bits per heavy atom. The molecule has 0 fully saturated rings. The molecule has 0 aliphatic heterocycles. The summed E-state index contributed by atoms with van der Waals surface area (Å²) in [5.74, 6) is -1.71. The molecule has 1 atom stereocenters. The molecular weight excluding hydrogens is 250 g/mol. The van der Waals surface area contributed by atoms with Crippen molar-refractivity contribution in [3.8, 4) is 0 Å². The molecule has 1 aromatic rings. The van der Waals surface area contributed by atoms with Gasteiger partial charge in [0.05, 0.1) is 12.2 Å². The van der Waals surface area contributed by atoms with E-state index in [1.165, 1.54) is 6.33 Å². The van der Waals surface area contributed by atoms with Crippen molar-refractivity contribution in [3.05, 3.63) is 18.2 Å². The third-order valence-electron chi connectivity index (χ3n) is 2.26. The van der Waals surface area contributed by atoms with Gasteiger partial charge in [-0.15, -0.1) is 0 Å². The van der Waals surface area contributed by atoms with E-state index < -0.39 is 23.6 Å². The molecule has 1 aromatic heterocycles. The third-order valence-corrected chi connectivity index (χ3v) is 2.26. The van der Waals surface area contributed by atoms with Crippen LogP contribution in [0, 0.1) is 5.92 Å². The molecule has 0 aliphatic carbocycles. The highest BCUT2D eigenvalue weighted by molar-refractivity contribution is 5.73. The molecule has 106 valence electrons. The highest BCUT2D eigenvalue weighted by Gasteiger charge is 2.22. The highest BCUT2D eigenvalue weighted by Crippen LogP contribution is 2.08. The minimum Gasteiger partial charge on any atom is -0.481 e. The molecule has 1 amide bonds. The summed E-state index contributed by atoms with van der Waals surface area (Å²) in [6, 6.07) is 0. The number of carbonyl (C=O) groups excluding carboxylic acids is 1. The van der Waals surface area contributed by atoms with Gasteiger partial charge >= 0.3 is 12.1 Å². The highest BCUT2D eigenvalue weighted by atomic mass is 16.6. The number of alkyl carbamates (subject to hydrolysis) is 1. The first-order valence-electron chi connectivity index (χ1n) is 5.95. The Morgan fingerprint density at radius 2 is 2.21 bits per heavy atom. The number of aromatic amines is 1. The second-order valence-electron chi connectivity index (χ2n) is 5.20. The first-order valence-corrected chi connectivity index (χ1v) is 5.95. The van der Waals surface area contributed by atoms with Crippen molar-refractivity contribution >= 4 is 12.1 Å². The maximum absolute atomic E-state index is 11.4. The molecule has 0 radical (unpaired) electrons. The van der Waals surface area contributed by atoms with E-state index in [2.05, 4.69) is 15.3 Å². The zero-order valence-corrected chi connectivity index (χ0v) is 11.3. The van der Waals surface area contributed by atoms with Gasteiger partial charge in [-0.3, -0.25) is 4.79 Å². The molecule has 1 unspecified atom stereocenters. The van der Waals surface area contributed by atoms with E-state index in [0.29, 0.717) is 5.69 Å². The van der Waals surface area contributed by atoms with Crippen molar-refractivity contribution in [2.75, 3.05) is 6.54 Å². The number of H-pyrrole nitrogens is 1. The van der Waals surface area contributed by atoms with Gasteiger partial charge in [0, 0.05) is 24.9 Å². The Kier molecular flexibility index (Phi) is 4.91. The van der Waals surface area contributed by atoms with Gasteiger partial charge in [0.25, 0.3) is 0 Å². The van der Waals surface area contributed by atoms with E-state index in [-0.39, 0.29) is 13.0 Å². The quantitative estimate of drug-likeness (QED) is 0.744. The smallest absolute Gasteiger partial charge is 0.407 e. The lowest BCUT2D eigenvalue weighted by atomic mass is 10.0. The van der Waals surface area contributed by atoms with Crippen LogP contribution in [0.4, 0.5) is 4.79 Å². The minimum atomic E-state index is -0.981. The summed E-state index contributed by atoms with van der Waals surface area (Å²) in [5, 5.41) is 11.5. The van der Waals surface area contributed by atoms with Crippen molar-refractivity contribution in [3.63, 3.8) is 0 Å². The lowest BCUT2D eigenvalue weighted by molar-refractivity contribution is -0.141. The standard InChI is InChI=1S/C12H19N3O4/c1-12(2,3)19-11(18)14-5-8(10(16)17)4-9-6-13-7-15-9/h6-8H,4-5H2,1-3H3,(H,13,15)(H,14,18)(H,16,17). The van der Waals surface area contributed by atoms with Crippen molar-refractivity contribution in [2.24, 2.45) is 5.92 Å². The van der Waals surface area contributed by atoms with Gasteiger partial charge in [0.15, 0.2) is 0 Å². The predicted octanol–water partition coefficient (Wildman–Crippen LogP) is 1.18. The molecule has 0 saturated heterocycles. The van der Waals surface area contributed by atoms with E-state index >= 15 is 0 Å². The minimum absolute atomic E-state index is 0.00324. The summed E-state index contributed by atoms with van der Waals surface area (Å²) in [4.78, 5) is 29.2. The summed E-state index contributed by atoms with van der Waals surface area (Å²) in [6.07, 6.45) is 2.69. The average molecular weight is 269 g/mol. The van der Waals surface area contributed by atoms with Gasteiger partial charge < -0.3 is 20.1 Å². The van der Waals surface area contributed by atoms with Crippen LogP contribution in [0.3, 0.4) is 0 Å². The molecule has 7 heteroatoms. The van der Waals surface area contributed by atoms with E-state index in [9.17, 15) is 9.59 Å². The number of carboxylic acid groups (broad SMARTS) is 1. The van der Waals surface area contributed by atoms with E-state index in [1.807, 2.05) is 0 Å². The molecule has 3 N–H and O–H groups in total. The lowest BCUT2D eigenvalue weighted by Gasteiger charge is -2.20. The number of aliphatic carboxylic acids is 1. The summed E-state index contributed by atoms with van der Waals surface area (Å²) in [6.45, 7) is 5.23. The Hall–Kier alpha value is -2.05. The number of carbonyl (C=O) groups is 2. The van der Waals surface area contributed by atoms with Gasteiger partial charge in [-0.05, 0) is 20.8 Å². The maximum Gasteiger partial charge on any atom is 0.407 e. The molecule has 0 bridgehead atoms. The van der Waals surface area contributed by atoms with Gasteiger partial charge in [0.1, 0.15) is 5.60 Å². The van der Waals surface area contributed by atoms with Crippen molar-refractivity contribution in [2.45, 2.75) is 32.8 Å². The van der Waals surface area contributed by atoms with E-state index in [0.717, 1.165) is 0 Å². The second kappa shape index (κ2) is 6.21. The molecule has 0 aliphatic rings. The largest absolute Gasteiger partial charge is 0.481 e. The van der Waals surface area contributed by atoms with Crippen LogP contribution >= 0.6 is 0 Å². The van der Waals surface area contributed by atoms with Crippen LogP contribution in [0.2, 0.25) is 0 Å². The fourth-order valence-corrected chi connectivity index (χ4v) is 1.43. The van der Waals surface area contributed by atoms with Crippen molar-refractivity contribution in [1.29, 1.82) is 0 Å². The third kappa shape index (κ3) is 5.89. The summed E-state index contributed by atoms with van der Waals surface area (Å²) in [7, 11) is 0. The van der Waals surface area contributed by atoms with Crippen LogP contribution in [0.25, 0.3) is 0 Å². The van der Waals surface area contributed by atoms with Crippen LogP contribution in [0.15, 0.2) is 12.5 Å². The van der Waals surface area contributed by atoms with Gasteiger partial charge in [0.2, 0.25) is 0 Å². The predicted molar refractivity (Wildman–Crippen MR) is 67.7 cm³/mol. The first-order chi connectivity index (χ1) is 8.78. The van der Waals surface area contributed by atoms with Crippen LogP contribution < -0.4 is 5.32 Å². The SMILES string of the molecule is CC(C)(C)OC(=O)NCC(Cc1cnc[nH]1)C(=O)O. The van der Waals surface area contributed by atoms with Gasteiger partial charge in [-0.25, -0.2) is 9.78 Å². The van der Waals surface area contributed by atoms with Crippen LogP contribution in [-0.2, 0) is 16.0 Å². The zero-order chi connectivity index (χ0) is 14.5. The lowest BCUT2D eigenvalue weighted by Crippen LogP contribution is -2.37. The Balaban J connectivity index is 2.46. The maximum atomic E-state index is 11.4. The topological polar surface area (TPSA) is 104 Å². The van der Waals surface area contributed by atoms with Crippen molar-refractivity contribution < 1.29 is 19.4 Å². The molecule has 19 heavy (non-hydrogen) atoms. The Bertz CT molecular complexity index is 423. The Labute approximate surface area is 111 Å². The molecule has 1 rings (SSSR count). The number of hydrogen-bond donors (Lipinski definition) is 3. The number of nitrogens with one attached hydrogen (secondary N) is 2. The van der Waals surface area contributed by atoms with Crippen molar-refractivity contribution in [1.82, 2.24) is 15.3 Å². The number of amides is 1. The molecule has 0 spiro atoms. The molecule has 1 heterocycles. The number of ether oxygens (including phenoxy) is 1. The van der Waals surface area contributed by atoms with Gasteiger partial charge in [-0.1, -0.05) is 0 Å². The van der Waals surface area contributed by atoms with Crippen LogP contribution in [0.1, 0.15) is 26.5 Å². The normalized spacial score (nSPS) is 12.8. The van der Waals surface area contributed by atoms with Crippen LogP contribution in [-0.4, -0.2) is 39.3 Å². The molecule has 7 nitrogen and oxygen atoms in total. The number of hydrogen-bond acceptors (Lipinski definition) is 4.